The number of aryl methyl sites for hydroxylation is 2. The van der Waals surface area contributed by atoms with Gasteiger partial charge in [-0.25, -0.2) is 9.97 Å². The molecule has 2 aromatic rings. The van der Waals surface area contributed by atoms with Crippen LogP contribution in [0.25, 0.3) is 11.4 Å². The van der Waals surface area contributed by atoms with Crippen molar-refractivity contribution in [1.82, 2.24) is 9.97 Å². The maximum Gasteiger partial charge on any atom is 0.162 e. The van der Waals surface area contributed by atoms with Gasteiger partial charge in [0.1, 0.15) is 5.82 Å². The van der Waals surface area contributed by atoms with E-state index in [1.54, 1.807) is 6.20 Å². The van der Waals surface area contributed by atoms with Crippen LogP contribution in [0.15, 0.2) is 24.4 Å². The summed E-state index contributed by atoms with van der Waals surface area (Å²) in [5.74, 6) is 1.24. The number of rotatable bonds is 1. The lowest BCUT2D eigenvalue weighted by atomic mass is 10.0. The first kappa shape index (κ1) is 11.3. The van der Waals surface area contributed by atoms with Crippen LogP contribution in [0.4, 0.5) is 5.82 Å². The molecule has 0 unspecified atom stereocenters. The van der Waals surface area contributed by atoms with Gasteiger partial charge in [-0.15, -0.1) is 0 Å². The van der Waals surface area contributed by atoms with Crippen molar-refractivity contribution in [3.05, 3.63) is 39.1 Å². The molecule has 0 atom stereocenters. The van der Waals surface area contributed by atoms with Gasteiger partial charge in [0.15, 0.2) is 5.82 Å². The number of anilines is 1. The zero-order chi connectivity index (χ0) is 11.7. The molecule has 0 spiro atoms. The van der Waals surface area contributed by atoms with Gasteiger partial charge in [0.25, 0.3) is 0 Å². The molecule has 4 heteroatoms. The van der Waals surface area contributed by atoms with Crippen molar-refractivity contribution in [3.63, 3.8) is 0 Å². The van der Waals surface area contributed by atoms with Crippen molar-refractivity contribution in [1.29, 1.82) is 0 Å². The molecule has 1 heterocycles. The molecule has 0 aliphatic rings. The van der Waals surface area contributed by atoms with Gasteiger partial charge in [-0.3, -0.25) is 0 Å². The largest absolute Gasteiger partial charge is 0.383 e. The van der Waals surface area contributed by atoms with E-state index >= 15 is 0 Å². The standard InChI is InChI=1S/C12H12IN3/c1-7-4-3-5-8(2)10(7)12-15-6-9(13)11(14)16-12/h3-6H,1-2H3,(H2,14,15,16). The molecule has 0 aliphatic heterocycles. The van der Waals surface area contributed by atoms with Crippen molar-refractivity contribution >= 4 is 28.4 Å². The summed E-state index contributed by atoms with van der Waals surface area (Å²) in [7, 11) is 0. The van der Waals surface area contributed by atoms with Gasteiger partial charge < -0.3 is 5.73 Å². The third kappa shape index (κ3) is 2.02. The van der Waals surface area contributed by atoms with E-state index in [4.69, 9.17) is 5.73 Å². The smallest absolute Gasteiger partial charge is 0.162 e. The summed E-state index contributed by atoms with van der Waals surface area (Å²) in [6, 6.07) is 6.14. The highest BCUT2D eigenvalue weighted by molar-refractivity contribution is 14.1. The number of nitrogens with zero attached hydrogens (tertiary/aromatic N) is 2. The molecule has 0 aliphatic carbocycles. The third-order valence-corrected chi connectivity index (χ3v) is 3.31. The summed E-state index contributed by atoms with van der Waals surface area (Å²) in [6.07, 6.45) is 1.75. The van der Waals surface area contributed by atoms with Crippen LogP contribution in [-0.2, 0) is 0 Å². The van der Waals surface area contributed by atoms with Crippen LogP contribution in [0, 0.1) is 17.4 Å². The molecular formula is C12H12IN3. The fourth-order valence-electron chi connectivity index (χ4n) is 1.67. The molecule has 3 nitrogen and oxygen atoms in total. The van der Waals surface area contributed by atoms with Crippen LogP contribution in [0.1, 0.15) is 11.1 Å². The number of nitrogen functional groups attached to an aromatic ring is 1. The number of halogens is 1. The number of hydrogen-bond acceptors (Lipinski definition) is 3. The molecule has 2 rings (SSSR count). The Morgan fingerprint density at radius 2 is 1.81 bits per heavy atom. The van der Waals surface area contributed by atoms with E-state index in [0.29, 0.717) is 11.6 Å². The van der Waals surface area contributed by atoms with Crippen LogP contribution >= 0.6 is 22.6 Å². The second-order valence-corrected chi connectivity index (χ2v) is 4.86. The Hall–Kier alpha value is -1.17. The summed E-state index contributed by atoms with van der Waals surface area (Å²) < 4.78 is 0.882. The highest BCUT2D eigenvalue weighted by Gasteiger charge is 2.09. The molecule has 2 N–H and O–H groups in total. The summed E-state index contributed by atoms with van der Waals surface area (Å²) in [5.41, 5.74) is 9.21. The molecule has 0 radical (unpaired) electrons. The number of benzene rings is 1. The van der Waals surface area contributed by atoms with Crippen molar-refractivity contribution in [2.24, 2.45) is 0 Å². The predicted octanol–water partition coefficient (Wildman–Crippen LogP) is 2.95. The third-order valence-electron chi connectivity index (χ3n) is 2.48. The molecule has 0 fully saturated rings. The average Bonchev–Trinajstić information content (AvgIpc) is 2.23. The number of hydrogen-bond donors (Lipinski definition) is 1. The van der Waals surface area contributed by atoms with E-state index < -0.39 is 0 Å². The molecule has 1 aromatic carbocycles. The van der Waals surface area contributed by atoms with E-state index in [1.807, 2.05) is 6.07 Å². The van der Waals surface area contributed by atoms with Gasteiger partial charge >= 0.3 is 0 Å². The van der Waals surface area contributed by atoms with Crippen LogP contribution in [-0.4, -0.2) is 9.97 Å². The minimum atomic E-state index is 0.535. The van der Waals surface area contributed by atoms with Gasteiger partial charge in [0, 0.05) is 11.8 Å². The van der Waals surface area contributed by atoms with Gasteiger partial charge in [0.2, 0.25) is 0 Å². The van der Waals surface area contributed by atoms with E-state index in [9.17, 15) is 0 Å². The zero-order valence-corrected chi connectivity index (χ0v) is 11.3. The van der Waals surface area contributed by atoms with Crippen LogP contribution in [0.2, 0.25) is 0 Å². The quantitative estimate of drug-likeness (QED) is 0.820. The SMILES string of the molecule is Cc1cccc(C)c1-c1ncc(I)c(N)n1. The Kier molecular flexibility index (Phi) is 3.09. The lowest BCUT2D eigenvalue weighted by Crippen LogP contribution is -2.00. The Morgan fingerprint density at radius 1 is 1.19 bits per heavy atom. The van der Waals surface area contributed by atoms with Gasteiger partial charge in [-0.2, -0.15) is 0 Å². The molecule has 0 saturated carbocycles. The fourth-order valence-corrected chi connectivity index (χ4v) is 1.93. The first-order chi connectivity index (χ1) is 7.59. The highest BCUT2D eigenvalue weighted by Crippen LogP contribution is 2.25. The maximum absolute atomic E-state index is 5.80. The minimum Gasteiger partial charge on any atom is -0.383 e. The second-order valence-electron chi connectivity index (χ2n) is 3.69. The maximum atomic E-state index is 5.80. The van der Waals surface area contributed by atoms with Crippen LogP contribution in [0.3, 0.4) is 0 Å². The van der Waals surface area contributed by atoms with E-state index in [1.165, 1.54) is 11.1 Å². The normalized spacial score (nSPS) is 10.4. The number of nitrogens with two attached hydrogens (primary N) is 1. The van der Waals surface area contributed by atoms with Crippen LogP contribution in [0.5, 0.6) is 0 Å². The Bertz CT molecular complexity index is 518. The molecule has 0 bridgehead atoms. The predicted molar refractivity (Wildman–Crippen MR) is 74.1 cm³/mol. The van der Waals surface area contributed by atoms with Crippen molar-refractivity contribution in [2.75, 3.05) is 5.73 Å². The van der Waals surface area contributed by atoms with Crippen LogP contribution < -0.4 is 5.73 Å². The Labute approximate surface area is 108 Å². The highest BCUT2D eigenvalue weighted by atomic mass is 127. The van der Waals surface area contributed by atoms with Gasteiger partial charge in [0.05, 0.1) is 3.57 Å². The van der Waals surface area contributed by atoms with Crippen molar-refractivity contribution < 1.29 is 0 Å². The summed E-state index contributed by atoms with van der Waals surface area (Å²) in [5, 5.41) is 0. The first-order valence-electron chi connectivity index (χ1n) is 4.94. The lowest BCUT2D eigenvalue weighted by Gasteiger charge is -2.08. The lowest BCUT2D eigenvalue weighted by molar-refractivity contribution is 1.15. The molecule has 16 heavy (non-hydrogen) atoms. The average molecular weight is 325 g/mol. The monoisotopic (exact) mass is 325 g/mol. The molecule has 0 amide bonds. The van der Waals surface area contributed by atoms with E-state index in [0.717, 1.165) is 9.13 Å². The van der Waals surface area contributed by atoms with E-state index in [-0.39, 0.29) is 0 Å². The minimum absolute atomic E-state index is 0.535. The molecule has 0 saturated heterocycles. The summed E-state index contributed by atoms with van der Waals surface area (Å²) in [6.45, 7) is 4.11. The number of aromatic nitrogens is 2. The Balaban J connectivity index is 2.63. The van der Waals surface area contributed by atoms with Crippen molar-refractivity contribution in [3.8, 4) is 11.4 Å². The van der Waals surface area contributed by atoms with E-state index in [2.05, 4.69) is 58.5 Å². The Morgan fingerprint density at radius 3 is 2.38 bits per heavy atom. The van der Waals surface area contributed by atoms with Crippen molar-refractivity contribution in [2.45, 2.75) is 13.8 Å². The second kappa shape index (κ2) is 4.37. The topological polar surface area (TPSA) is 51.8 Å². The zero-order valence-electron chi connectivity index (χ0n) is 9.16. The molecule has 1 aromatic heterocycles. The first-order valence-corrected chi connectivity index (χ1v) is 6.02. The van der Waals surface area contributed by atoms with Gasteiger partial charge in [-0.05, 0) is 47.6 Å². The molecular weight excluding hydrogens is 313 g/mol. The fraction of sp³-hybridized carbons (Fsp3) is 0.167. The molecule has 82 valence electrons. The summed E-state index contributed by atoms with van der Waals surface area (Å²) >= 11 is 2.13. The van der Waals surface area contributed by atoms with Gasteiger partial charge in [-0.1, -0.05) is 18.2 Å². The summed E-state index contributed by atoms with van der Waals surface area (Å²) in [4.78, 5) is 8.66.